The molecule has 78 valence electrons. The van der Waals surface area contributed by atoms with Crippen LogP contribution in [0.1, 0.15) is 24.4 Å². The van der Waals surface area contributed by atoms with Crippen molar-refractivity contribution in [1.82, 2.24) is 14.9 Å². The lowest BCUT2D eigenvalue weighted by Crippen LogP contribution is -2.31. The third kappa shape index (κ3) is 1.96. The third-order valence-corrected chi connectivity index (χ3v) is 2.84. The van der Waals surface area contributed by atoms with Gasteiger partial charge >= 0.3 is 0 Å². The van der Waals surface area contributed by atoms with Crippen LogP contribution in [0.4, 0.5) is 0 Å². The highest BCUT2D eigenvalue weighted by Crippen LogP contribution is 2.18. The number of aliphatic hydroxyl groups excluding tert-OH is 1. The van der Waals surface area contributed by atoms with Crippen LogP contribution >= 0.6 is 0 Å². The smallest absolute Gasteiger partial charge is 0.103 e. The molecular weight excluding hydrogens is 178 g/mol. The molecule has 4 heteroatoms. The second kappa shape index (κ2) is 4.11. The maximum Gasteiger partial charge on any atom is 0.103 e. The lowest BCUT2D eigenvalue weighted by atomic mass is 10.2. The molecule has 0 bridgehead atoms. The van der Waals surface area contributed by atoms with Crippen LogP contribution in [0.2, 0.25) is 0 Å². The molecular formula is C10H17N3O. The number of aliphatic hydroxyl groups is 1. The fraction of sp³-hybridized carbons (Fsp3) is 0.700. The van der Waals surface area contributed by atoms with Crippen LogP contribution in [0.25, 0.3) is 0 Å². The van der Waals surface area contributed by atoms with Gasteiger partial charge in [0.1, 0.15) is 5.82 Å². The molecule has 2 heterocycles. The van der Waals surface area contributed by atoms with Gasteiger partial charge in [-0.15, -0.1) is 0 Å². The van der Waals surface area contributed by atoms with E-state index in [2.05, 4.69) is 14.9 Å². The van der Waals surface area contributed by atoms with Crippen molar-refractivity contribution in [2.75, 3.05) is 13.2 Å². The minimum Gasteiger partial charge on any atom is -0.395 e. The summed E-state index contributed by atoms with van der Waals surface area (Å²) in [6.07, 6.45) is 4.18. The van der Waals surface area contributed by atoms with E-state index in [1.54, 1.807) is 0 Å². The first kappa shape index (κ1) is 9.68. The highest BCUT2D eigenvalue weighted by molar-refractivity contribution is 5.00. The number of aryl methyl sites for hydroxylation is 1. The number of aromatic amines is 1. The number of hydrogen-bond acceptors (Lipinski definition) is 3. The Morgan fingerprint density at radius 3 is 3.21 bits per heavy atom. The molecule has 1 aromatic heterocycles. The molecule has 0 spiro atoms. The van der Waals surface area contributed by atoms with Crippen LogP contribution in [0.15, 0.2) is 6.20 Å². The number of likely N-dealkylation sites (tertiary alicyclic amines) is 1. The molecule has 1 fully saturated rings. The summed E-state index contributed by atoms with van der Waals surface area (Å²) in [5.41, 5.74) is 1.14. The summed E-state index contributed by atoms with van der Waals surface area (Å²) in [7, 11) is 0. The molecule has 0 saturated carbocycles. The largest absolute Gasteiger partial charge is 0.395 e. The number of nitrogens with one attached hydrogen (secondary N) is 1. The minimum atomic E-state index is 0.271. The highest BCUT2D eigenvalue weighted by atomic mass is 16.3. The van der Waals surface area contributed by atoms with Crippen LogP contribution in [0.5, 0.6) is 0 Å². The van der Waals surface area contributed by atoms with Gasteiger partial charge in [-0.05, 0) is 26.3 Å². The number of imidazole rings is 1. The fourth-order valence-corrected chi connectivity index (χ4v) is 2.08. The average Bonchev–Trinajstić information content (AvgIpc) is 2.76. The first-order valence-corrected chi connectivity index (χ1v) is 5.15. The van der Waals surface area contributed by atoms with Crippen molar-refractivity contribution in [1.29, 1.82) is 0 Å². The predicted molar refractivity (Wildman–Crippen MR) is 53.8 cm³/mol. The summed E-state index contributed by atoms with van der Waals surface area (Å²) in [5, 5.41) is 9.15. The Kier molecular flexibility index (Phi) is 2.84. The van der Waals surface area contributed by atoms with Crippen molar-refractivity contribution < 1.29 is 5.11 Å². The van der Waals surface area contributed by atoms with Crippen molar-refractivity contribution in [2.45, 2.75) is 32.4 Å². The maximum atomic E-state index is 9.15. The minimum absolute atomic E-state index is 0.271. The van der Waals surface area contributed by atoms with E-state index in [0.717, 1.165) is 31.0 Å². The Labute approximate surface area is 84.0 Å². The van der Waals surface area contributed by atoms with Gasteiger partial charge in [0.05, 0.1) is 6.61 Å². The van der Waals surface area contributed by atoms with Crippen molar-refractivity contribution in [3.8, 4) is 0 Å². The summed E-state index contributed by atoms with van der Waals surface area (Å²) in [4.78, 5) is 9.69. The van der Waals surface area contributed by atoms with Gasteiger partial charge in [0.2, 0.25) is 0 Å². The van der Waals surface area contributed by atoms with Crippen molar-refractivity contribution in [2.24, 2.45) is 0 Å². The Hall–Kier alpha value is -0.870. The summed E-state index contributed by atoms with van der Waals surface area (Å²) >= 11 is 0. The Balaban J connectivity index is 1.96. The molecule has 1 saturated heterocycles. The first-order valence-electron chi connectivity index (χ1n) is 5.15. The molecule has 0 radical (unpaired) electrons. The Bertz CT molecular complexity index is 297. The topological polar surface area (TPSA) is 52.1 Å². The van der Waals surface area contributed by atoms with Gasteiger partial charge in [-0.2, -0.15) is 0 Å². The van der Waals surface area contributed by atoms with Gasteiger partial charge in [-0.25, -0.2) is 4.98 Å². The van der Waals surface area contributed by atoms with Crippen molar-refractivity contribution in [3.63, 3.8) is 0 Å². The molecule has 4 nitrogen and oxygen atoms in total. The molecule has 1 atom stereocenters. The molecule has 2 N–H and O–H groups in total. The van der Waals surface area contributed by atoms with Gasteiger partial charge in [-0.3, -0.25) is 4.90 Å². The predicted octanol–water partition coefficient (Wildman–Crippen LogP) is 0.675. The first-order chi connectivity index (χ1) is 6.79. The summed E-state index contributed by atoms with van der Waals surface area (Å²) < 4.78 is 0. The highest BCUT2D eigenvalue weighted by Gasteiger charge is 2.23. The van der Waals surface area contributed by atoms with E-state index < -0.39 is 0 Å². The zero-order valence-corrected chi connectivity index (χ0v) is 8.53. The summed E-state index contributed by atoms with van der Waals surface area (Å²) in [6, 6.07) is 0.346. The van der Waals surface area contributed by atoms with E-state index in [0.29, 0.717) is 6.04 Å². The van der Waals surface area contributed by atoms with Crippen LogP contribution < -0.4 is 0 Å². The quantitative estimate of drug-likeness (QED) is 0.745. The number of aromatic nitrogens is 2. The lowest BCUT2D eigenvalue weighted by molar-refractivity contribution is 0.152. The zero-order valence-electron chi connectivity index (χ0n) is 8.53. The lowest BCUT2D eigenvalue weighted by Gasteiger charge is -2.21. The molecule has 1 aromatic rings. The van der Waals surface area contributed by atoms with Gasteiger partial charge in [0.25, 0.3) is 0 Å². The molecule has 0 aromatic carbocycles. The monoisotopic (exact) mass is 195 g/mol. The maximum absolute atomic E-state index is 9.15. The molecule has 1 aliphatic heterocycles. The molecule has 0 amide bonds. The average molecular weight is 195 g/mol. The Morgan fingerprint density at radius 1 is 1.71 bits per heavy atom. The van der Waals surface area contributed by atoms with Gasteiger partial charge in [-0.1, -0.05) is 0 Å². The molecule has 1 aliphatic rings. The van der Waals surface area contributed by atoms with Gasteiger partial charge in [0, 0.05) is 24.5 Å². The van der Waals surface area contributed by atoms with E-state index in [4.69, 9.17) is 5.11 Å². The molecule has 14 heavy (non-hydrogen) atoms. The SMILES string of the molecule is Cc1ncc(CN2CCCC2CO)[nH]1. The van der Waals surface area contributed by atoms with Gasteiger partial charge in [0.15, 0.2) is 0 Å². The molecule has 0 aliphatic carbocycles. The molecule has 2 rings (SSSR count). The third-order valence-electron chi connectivity index (χ3n) is 2.84. The second-order valence-corrected chi connectivity index (χ2v) is 3.94. The fourth-order valence-electron chi connectivity index (χ4n) is 2.08. The van der Waals surface area contributed by atoms with Crippen molar-refractivity contribution >= 4 is 0 Å². The summed E-state index contributed by atoms with van der Waals surface area (Å²) in [5.74, 6) is 0.958. The van der Waals surface area contributed by atoms with Crippen LogP contribution in [0, 0.1) is 6.92 Å². The standard InChI is InChI=1S/C10H17N3O/c1-8-11-5-9(12-8)6-13-4-2-3-10(13)7-14/h5,10,14H,2-4,6-7H2,1H3,(H,11,12). The number of hydrogen-bond donors (Lipinski definition) is 2. The van der Waals surface area contributed by atoms with E-state index in [1.807, 2.05) is 13.1 Å². The zero-order chi connectivity index (χ0) is 9.97. The van der Waals surface area contributed by atoms with E-state index in [9.17, 15) is 0 Å². The summed E-state index contributed by atoms with van der Waals surface area (Å²) in [6.45, 7) is 4.19. The number of rotatable bonds is 3. The van der Waals surface area contributed by atoms with Crippen molar-refractivity contribution in [3.05, 3.63) is 17.7 Å². The van der Waals surface area contributed by atoms with E-state index >= 15 is 0 Å². The van der Waals surface area contributed by atoms with Crippen LogP contribution in [-0.2, 0) is 6.54 Å². The van der Waals surface area contributed by atoms with Crippen LogP contribution in [-0.4, -0.2) is 39.2 Å². The van der Waals surface area contributed by atoms with E-state index in [-0.39, 0.29) is 6.61 Å². The normalized spacial score (nSPS) is 23.1. The van der Waals surface area contributed by atoms with E-state index in [1.165, 1.54) is 6.42 Å². The van der Waals surface area contributed by atoms with Gasteiger partial charge < -0.3 is 10.1 Å². The van der Waals surface area contributed by atoms with Crippen LogP contribution in [0.3, 0.4) is 0 Å². The molecule has 1 unspecified atom stereocenters. The number of nitrogens with zero attached hydrogens (tertiary/aromatic N) is 2. The second-order valence-electron chi connectivity index (χ2n) is 3.94. The Morgan fingerprint density at radius 2 is 2.57 bits per heavy atom. The number of H-pyrrole nitrogens is 1.